The third-order valence-corrected chi connectivity index (χ3v) is 4.18. The van der Waals surface area contributed by atoms with E-state index in [-0.39, 0.29) is 17.0 Å². The lowest BCUT2D eigenvalue weighted by atomic mass is 10.2. The van der Waals surface area contributed by atoms with Gasteiger partial charge in [-0.1, -0.05) is 23.8 Å². The van der Waals surface area contributed by atoms with Crippen molar-refractivity contribution in [2.24, 2.45) is 0 Å². The van der Waals surface area contributed by atoms with Crippen molar-refractivity contribution in [3.05, 3.63) is 64.6 Å². The minimum Gasteiger partial charge on any atom is -0.306 e. The number of hydrogen-bond donors (Lipinski definition) is 1. The summed E-state index contributed by atoms with van der Waals surface area (Å²) >= 11 is 0. The van der Waals surface area contributed by atoms with Crippen molar-refractivity contribution in [3.63, 3.8) is 0 Å². The van der Waals surface area contributed by atoms with Gasteiger partial charge in [0.2, 0.25) is 0 Å². The van der Waals surface area contributed by atoms with Gasteiger partial charge < -0.3 is 4.57 Å². The highest BCUT2D eigenvalue weighted by molar-refractivity contribution is 7.90. The van der Waals surface area contributed by atoms with Crippen LogP contribution in [0.2, 0.25) is 0 Å². The first-order valence-corrected chi connectivity index (χ1v) is 7.64. The van der Waals surface area contributed by atoms with E-state index in [1.807, 2.05) is 11.6 Å². The van der Waals surface area contributed by atoms with Crippen LogP contribution in [0.4, 0.5) is 0 Å². The molecule has 0 aliphatic carbocycles. The van der Waals surface area contributed by atoms with Crippen molar-refractivity contribution in [3.8, 4) is 0 Å². The minimum absolute atomic E-state index is 0.00172. The maximum atomic E-state index is 12.0. The number of amides is 1. The van der Waals surface area contributed by atoms with Crippen LogP contribution >= 0.6 is 0 Å². The van der Waals surface area contributed by atoms with Gasteiger partial charge in [-0.3, -0.25) is 9.59 Å². The van der Waals surface area contributed by atoms with Crippen LogP contribution in [0.5, 0.6) is 0 Å². The predicted octanol–water partition coefficient (Wildman–Crippen LogP) is 0.662. The molecule has 6 nitrogen and oxygen atoms in total. The molecule has 0 fully saturated rings. The number of nitrogens with one attached hydrogen (secondary N) is 1. The molecule has 0 aliphatic heterocycles. The molecule has 0 unspecified atom stereocenters. The first-order valence-electron chi connectivity index (χ1n) is 6.16. The molecule has 0 saturated heterocycles. The lowest BCUT2D eigenvalue weighted by molar-refractivity contribution is -0.119. The summed E-state index contributed by atoms with van der Waals surface area (Å²) in [5.41, 5.74) is 0.538. The van der Waals surface area contributed by atoms with Crippen molar-refractivity contribution >= 4 is 15.9 Å². The quantitative estimate of drug-likeness (QED) is 0.899. The number of pyridine rings is 1. The highest BCUT2D eigenvalue weighted by Crippen LogP contribution is 2.09. The van der Waals surface area contributed by atoms with Crippen molar-refractivity contribution in [1.29, 1.82) is 0 Å². The molecule has 0 radical (unpaired) electrons. The fourth-order valence-corrected chi connectivity index (χ4v) is 2.68. The number of sulfonamides is 1. The molecular weight excluding hydrogens is 292 g/mol. The molecule has 7 heteroatoms. The number of nitrogens with zero attached hydrogens (tertiary/aromatic N) is 1. The normalized spacial score (nSPS) is 11.1. The van der Waals surface area contributed by atoms with Gasteiger partial charge >= 0.3 is 0 Å². The van der Waals surface area contributed by atoms with Crippen molar-refractivity contribution in [2.75, 3.05) is 0 Å². The van der Waals surface area contributed by atoms with Crippen molar-refractivity contribution in [2.45, 2.75) is 18.4 Å². The molecule has 0 bridgehead atoms. The van der Waals surface area contributed by atoms with Crippen molar-refractivity contribution in [1.82, 2.24) is 9.29 Å². The Morgan fingerprint density at radius 2 is 1.81 bits per heavy atom. The number of hydrogen-bond acceptors (Lipinski definition) is 4. The average molecular weight is 306 g/mol. The van der Waals surface area contributed by atoms with E-state index in [4.69, 9.17) is 0 Å². The van der Waals surface area contributed by atoms with Gasteiger partial charge in [0, 0.05) is 12.3 Å². The van der Waals surface area contributed by atoms with E-state index >= 15 is 0 Å². The van der Waals surface area contributed by atoms with Gasteiger partial charge in [0.1, 0.15) is 6.54 Å². The molecule has 0 atom stereocenters. The zero-order chi connectivity index (χ0) is 15.5. The summed E-state index contributed by atoms with van der Waals surface area (Å²) in [7, 11) is -3.92. The molecule has 21 heavy (non-hydrogen) atoms. The van der Waals surface area contributed by atoms with Crippen LogP contribution in [0.3, 0.4) is 0 Å². The largest absolute Gasteiger partial charge is 0.306 e. The van der Waals surface area contributed by atoms with Crippen LogP contribution in [0, 0.1) is 6.92 Å². The fraction of sp³-hybridized carbons (Fsp3) is 0.143. The second-order valence-corrected chi connectivity index (χ2v) is 6.19. The highest BCUT2D eigenvalue weighted by atomic mass is 32.2. The monoisotopic (exact) mass is 306 g/mol. The minimum atomic E-state index is -3.92. The number of rotatable bonds is 4. The Kier molecular flexibility index (Phi) is 4.23. The summed E-state index contributed by atoms with van der Waals surface area (Å²) < 4.78 is 27.1. The molecular formula is C14H14N2O4S. The van der Waals surface area contributed by atoms with Gasteiger partial charge in [-0.25, -0.2) is 13.1 Å². The van der Waals surface area contributed by atoms with Crippen LogP contribution in [0.25, 0.3) is 0 Å². The summed E-state index contributed by atoms with van der Waals surface area (Å²) in [6.45, 7) is 1.47. The molecule has 1 aromatic carbocycles. The van der Waals surface area contributed by atoms with Crippen LogP contribution in [-0.2, 0) is 21.4 Å². The SMILES string of the molecule is Cc1ccc(S(=O)(=O)NC(=O)Cn2ccccc2=O)cc1. The van der Waals surface area contributed by atoms with Crippen LogP contribution in [0.1, 0.15) is 5.56 Å². The zero-order valence-electron chi connectivity index (χ0n) is 11.3. The Hall–Kier alpha value is -2.41. The molecule has 0 aliphatic rings. The third-order valence-electron chi connectivity index (χ3n) is 2.79. The van der Waals surface area contributed by atoms with Gasteiger partial charge in [0.05, 0.1) is 4.90 Å². The summed E-state index contributed by atoms with van der Waals surface area (Å²) in [4.78, 5) is 23.2. The van der Waals surface area contributed by atoms with Crippen LogP contribution in [-0.4, -0.2) is 18.9 Å². The van der Waals surface area contributed by atoms with E-state index in [0.717, 1.165) is 10.1 Å². The highest BCUT2D eigenvalue weighted by Gasteiger charge is 2.17. The van der Waals surface area contributed by atoms with E-state index in [2.05, 4.69) is 0 Å². The van der Waals surface area contributed by atoms with Crippen LogP contribution < -0.4 is 10.3 Å². The molecule has 2 aromatic rings. The van der Waals surface area contributed by atoms with E-state index in [1.54, 1.807) is 24.3 Å². The zero-order valence-corrected chi connectivity index (χ0v) is 12.1. The Morgan fingerprint density at radius 1 is 1.14 bits per heavy atom. The Morgan fingerprint density at radius 3 is 2.43 bits per heavy atom. The average Bonchev–Trinajstić information content (AvgIpc) is 2.41. The first kappa shape index (κ1) is 15.0. The number of aryl methyl sites for hydroxylation is 1. The van der Waals surface area contributed by atoms with Gasteiger partial charge in [0.15, 0.2) is 0 Å². The molecule has 1 N–H and O–H groups in total. The van der Waals surface area contributed by atoms with E-state index < -0.39 is 15.9 Å². The first-order chi connectivity index (χ1) is 9.88. The Balaban J connectivity index is 2.14. The second kappa shape index (κ2) is 5.92. The summed E-state index contributed by atoms with van der Waals surface area (Å²) in [6.07, 6.45) is 1.42. The lowest BCUT2D eigenvalue weighted by Gasteiger charge is -2.08. The number of carbonyl (C=O) groups is 1. The maximum absolute atomic E-state index is 12.0. The molecule has 0 spiro atoms. The van der Waals surface area contributed by atoms with E-state index in [1.165, 1.54) is 24.4 Å². The van der Waals surface area contributed by atoms with E-state index in [9.17, 15) is 18.0 Å². The van der Waals surface area contributed by atoms with Gasteiger partial charge in [0.25, 0.3) is 21.5 Å². The second-order valence-electron chi connectivity index (χ2n) is 4.51. The standard InChI is InChI=1S/C14H14N2O4S/c1-11-5-7-12(8-6-11)21(19,20)15-13(17)10-16-9-3-2-4-14(16)18/h2-9H,10H2,1H3,(H,15,17). The van der Waals surface area contributed by atoms with Gasteiger partial charge in [-0.05, 0) is 25.1 Å². The Labute approximate surface area is 122 Å². The predicted molar refractivity (Wildman–Crippen MR) is 77.2 cm³/mol. The molecule has 2 rings (SSSR count). The number of benzene rings is 1. The van der Waals surface area contributed by atoms with Gasteiger partial charge in [-0.2, -0.15) is 0 Å². The Bertz CT molecular complexity index is 807. The summed E-state index contributed by atoms with van der Waals surface area (Å²) in [6, 6.07) is 10.5. The molecule has 1 amide bonds. The maximum Gasteiger partial charge on any atom is 0.264 e. The smallest absolute Gasteiger partial charge is 0.264 e. The molecule has 110 valence electrons. The van der Waals surface area contributed by atoms with E-state index in [0.29, 0.717) is 0 Å². The van der Waals surface area contributed by atoms with Crippen LogP contribution in [0.15, 0.2) is 58.4 Å². The lowest BCUT2D eigenvalue weighted by Crippen LogP contribution is -2.35. The molecule has 1 heterocycles. The topological polar surface area (TPSA) is 85.2 Å². The third kappa shape index (κ3) is 3.79. The van der Waals surface area contributed by atoms with Crippen molar-refractivity contribution < 1.29 is 13.2 Å². The number of carbonyl (C=O) groups excluding carboxylic acids is 1. The molecule has 1 aromatic heterocycles. The summed E-state index contributed by atoms with van der Waals surface area (Å²) in [5, 5.41) is 0. The number of aromatic nitrogens is 1. The molecule has 0 saturated carbocycles. The fourth-order valence-electron chi connectivity index (χ4n) is 1.70. The summed E-state index contributed by atoms with van der Waals surface area (Å²) in [5.74, 6) is -0.774. The van der Waals surface area contributed by atoms with Gasteiger partial charge in [-0.15, -0.1) is 0 Å².